The molecule has 0 aliphatic heterocycles. The van der Waals surface area contributed by atoms with E-state index >= 15 is 0 Å². The van der Waals surface area contributed by atoms with E-state index < -0.39 is 15.1 Å². The van der Waals surface area contributed by atoms with Gasteiger partial charge in [0.1, 0.15) is 0 Å². The topological polar surface area (TPSA) is 88.8 Å². The lowest BCUT2D eigenvalue weighted by Gasteiger charge is -2.10. The fourth-order valence-corrected chi connectivity index (χ4v) is 3.70. The van der Waals surface area contributed by atoms with Crippen molar-refractivity contribution in [1.29, 1.82) is 0 Å². The third-order valence-electron chi connectivity index (χ3n) is 3.10. The minimum Gasteiger partial charge on any atom is -0.399 e. The van der Waals surface area contributed by atoms with E-state index in [-0.39, 0.29) is 5.16 Å². The molecule has 1 aromatic carbocycles. The maximum Gasteiger partial charge on any atom is 0.226 e. The summed E-state index contributed by atoms with van der Waals surface area (Å²) in [6, 6.07) is 5.11. The standard InChI is InChI=1S/C12H17N3O2S/c1-3-9(4-2)18(16,17)12-14-10-6-5-8(13)7-11(10)15-12/h5-7,9H,3-4,13H2,1-2H3,(H,14,15). The van der Waals surface area contributed by atoms with Crippen molar-refractivity contribution in [3.63, 3.8) is 0 Å². The average molecular weight is 267 g/mol. The molecule has 0 saturated heterocycles. The number of nitrogens with zero attached hydrogens (tertiary/aromatic N) is 1. The van der Waals surface area contributed by atoms with Crippen LogP contribution in [0.2, 0.25) is 0 Å². The molecule has 0 unspecified atom stereocenters. The number of anilines is 1. The Labute approximate surface area is 106 Å². The maximum absolute atomic E-state index is 12.3. The Morgan fingerprint density at radius 1 is 1.33 bits per heavy atom. The molecule has 6 heteroatoms. The van der Waals surface area contributed by atoms with Gasteiger partial charge in [-0.3, -0.25) is 0 Å². The van der Waals surface area contributed by atoms with Gasteiger partial charge >= 0.3 is 0 Å². The molecule has 3 N–H and O–H groups in total. The lowest BCUT2D eigenvalue weighted by Crippen LogP contribution is -2.20. The number of nitrogens with one attached hydrogen (secondary N) is 1. The van der Waals surface area contributed by atoms with Gasteiger partial charge in [0.05, 0.1) is 16.3 Å². The Kier molecular flexibility index (Phi) is 3.30. The summed E-state index contributed by atoms with van der Waals surface area (Å²) in [5, 5.41) is -0.354. The van der Waals surface area contributed by atoms with Gasteiger partial charge in [-0.15, -0.1) is 0 Å². The number of fused-ring (bicyclic) bond motifs is 1. The van der Waals surface area contributed by atoms with Crippen molar-refractivity contribution in [3.8, 4) is 0 Å². The molecule has 2 aromatic rings. The summed E-state index contributed by atoms with van der Waals surface area (Å²) < 4.78 is 24.6. The van der Waals surface area contributed by atoms with E-state index in [1.54, 1.807) is 18.2 Å². The Morgan fingerprint density at radius 2 is 2.00 bits per heavy atom. The summed E-state index contributed by atoms with van der Waals surface area (Å²) >= 11 is 0. The van der Waals surface area contributed by atoms with Crippen molar-refractivity contribution >= 4 is 26.6 Å². The van der Waals surface area contributed by atoms with Gasteiger partial charge in [-0.2, -0.15) is 0 Å². The van der Waals surface area contributed by atoms with Gasteiger partial charge in [0.15, 0.2) is 0 Å². The summed E-state index contributed by atoms with van der Waals surface area (Å²) in [4.78, 5) is 6.99. The predicted octanol–water partition coefficient (Wildman–Crippen LogP) is 2.11. The van der Waals surface area contributed by atoms with Gasteiger partial charge in [0.2, 0.25) is 15.0 Å². The Bertz CT molecular complexity index is 657. The molecule has 0 radical (unpaired) electrons. The molecule has 0 amide bonds. The number of aromatic amines is 1. The third kappa shape index (κ3) is 2.08. The summed E-state index contributed by atoms with van der Waals surface area (Å²) in [5.41, 5.74) is 7.51. The number of nitrogen functional groups attached to an aromatic ring is 1. The minimum absolute atomic E-state index is 0.0387. The van der Waals surface area contributed by atoms with Crippen LogP contribution in [0.3, 0.4) is 0 Å². The van der Waals surface area contributed by atoms with Crippen LogP contribution in [0.15, 0.2) is 23.4 Å². The molecule has 0 bridgehead atoms. The van der Waals surface area contributed by atoms with Crippen molar-refractivity contribution in [2.45, 2.75) is 37.1 Å². The monoisotopic (exact) mass is 267 g/mol. The fourth-order valence-electron chi connectivity index (χ4n) is 2.02. The lowest BCUT2D eigenvalue weighted by molar-refractivity contribution is 0.564. The van der Waals surface area contributed by atoms with E-state index in [9.17, 15) is 8.42 Å². The van der Waals surface area contributed by atoms with E-state index in [4.69, 9.17) is 5.73 Å². The van der Waals surface area contributed by atoms with Crippen LogP contribution in [0.5, 0.6) is 0 Å². The van der Waals surface area contributed by atoms with Gasteiger partial charge in [-0.1, -0.05) is 13.8 Å². The van der Waals surface area contributed by atoms with Crippen molar-refractivity contribution < 1.29 is 8.42 Å². The third-order valence-corrected chi connectivity index (χ3v) is 5.38. The zero-order valence-electron chi connectivity index (χ0n) is 10.5. The Hall–Kier alpha value is -1.56. The quantitative estimate of drug-likeness (QED) is 0.830. The first-order valence-electron chi connectivity index (χ1n) is 5.98. The normalized spacial score (nSPS) is 12.4. The molecule has 1 heterocycles. The van der Waals surface area contributed by atoms with Crippen LogP contribution >= 0.6 is 0 Å². The van der Waals surface area contributed by atoms with Crippen LogP contribution in [0.25, 0.3) is 11.0 Å². The van der Waals surface area contributed by atoms with Crippen molar-refractivity contribution in [2.24, 2.45) is 0 Å². The van der Waals surface area contributed by atoms with E-state index in [1.165, 1.54) is 0 Å². The molecule has 98 valence electrons. The minimum atomic E-state index is -3.38. The molecule has 0 atom stereocenters. The van der Waals surface area contributed by atoms with E-state index in [2.05, 4.69) is 9.97 Å². The molecule has 5 nitrogen and oxygen atoms in total. The Balaban J connectivity index is 2.54. The highest BCUT2D eigenvalue weighted by atomic mass is 32.2. The molecule has 0 spiro atoms. The van der Waals surface area contributed by atoms with Crippen molar-refractivity contribution in [1.82, 2.24) is 9.97 Å². The maximum atomic E-state index is 12.3. The number of benzene rings is 1. The van der Waals surface area contributed by atoms with Crippen molar-refractivity contribution in [2.75, 3.05) is 5.73 Å². The van der Waals surface area contributed by atoms with E-state index in [0.717, 1.165) is 0 Å². The first-order valence-corrected chi connectivity index (χ1v) is 7.52. The molecular formula is C12H17N3O2S. The number of aromatic nitrogens is 2. The summed E-state index contributed by atoms with van der Waals surface area (Å²) in [6.45, 7) is 3.73. The molecule has 0 fully saturated rings. The van der Waals surface area contributed by atoms with Crippen LogP contribution in [-0.2, 0) is 9.84 Å². The van der Waals surface area contributed by atoms with Gasteiger partial charge < -0.3 is 10.7 Å². The van der Waals surface area contributed by atoms with E-state index in [1.807, 2.05) is 13.8 Å². The highest BCUT2D eigenvalue weighted by molar-refractivity contribution is 7.91. The number of H-pyrrole nitrogens is 1. The highest BCUT2D eigenvalue weighted by Gasteiger charge is 2.27. The number of hydrogen-bond acceptors (Lipinski definition) is 4. The van der Waals surface area contributed by atoms with Crippen LogP contribution < -0.4 is 5.73 Å². The summed E-state index contributed by atoms with van der Waals surface area (Å²) in [5.74, 6) is 0. The smallest absolute Gasteiger partial charge is 0.226 e. The summed E-state index contributed by atoms with van der Waals surface area (Å²) in [7, 11) is -3.38. The van der Waals surface area contributed by atoms with E-state index in [0.29, 0.717) is 29.6 Å². The highest BCUT2D eigenvalue weighted by Crippen LogP contribution is 2.22. The lowest BCUT2D eigenvalue weighted by atomic mass is 10.3. The number of imidazole rings is 1. The number of hydrogen-bond donors (Lipinski definition) is 2. The van der Waals surface area contributed by atoms with Gasteiger partial charge in [-0.05, 0) is 31.0 Å². The average Bonchev–Trinajstić information content (AvgIpc) is 2.73. The van der Waals surface area contributed by atoms with Crippen molar-refractivity contribution in [3.05, 3.63) is 18.2 Å². The SMILES string of the molecule is CCC(CC)S(=O)(=O)c1nc2ccc(N)cc2[nH]1. The number of rotatable bonds is 4. The van der Waals surface area contributed by atoms with Crippen LogP contribution in [0, 0.1) is 0 Å². The second kappa shape index (κ2) is 4.61. The second-order valence-corrected chi connectivity index (χ2v) is 6.45. The van der Waals surface area contributed by atoms with Gasteiger partial charge in [0, 0.05) is 5.69 Å². The predicted molar refractivity (Wildman–Crippen MR) is 72.1 cm³/mol. The molecular weight excluding hydrogens is 250 g/mol. The van der Waals surface area contributed by atoms with Crippen LogP contribution in [0.4, 0.5) is 5.69 Å². The van der Waals surface area contributed by atoms with Gasteiger partial charge in [-0.25, -0.2) is 13.4 Å². The molecule has 0 aliphatic rings. The first-order chi connectivity index (χ1) is 8.48. The fraction of sp³-hybridized carbons (Fsp3) is 0.417. The molecule has 2 rings (SSSR count). The van der Waals surface area contributed by atoms with Crippen LogP contribution in [-0.4, -0.2) is 23.6 Å². The second-order valence-electron chi connectivity index (χ2n) is 4.30. The zero-order chi connectivity index (χ0) is 13.3. The first kappa shape index (κ1) is 12.9. The molecule has 0 saturated carbocycles. The van der Waals surface area contributed by atoms with Crippen LogP contribution in [0.1, 0.15) is 26.7 Å². The molecule has 18 heavy (non-hydrogen) atoms. The molecule has 1 aromatic heterocycles. The largest absolute Gasteiger partial charge is 0.399 e. The zero-order valence-corrected chi connectivity index (χ0v) is 11.3. The molecule has 0 aliphatic carbocycles. The van der Waals surface area contributed by atoms with Gasteiger partial charge in [0.25, 0.3) is 0 Å². The summed E-state index contributed by atoms with van der Waals surface area (Å²) in [6.07, 6.45) is 1.16. The number of sulfone groups is 1. The number of nitrogens with two attached hydrogens (primary N) is 1. The Morgan fingerprint density at radius 3 is 2.61 bits per heavy atom.